The maximum Gasteiger partial charge on any atom is 0.327 e. The molecule has 1 aliphatic rings. The van der Waals surface area contributed by atoms with Gasteiger partial charge in [0.1, 0.15) is 0 Å². The normalized spacial score (nSPS) is 17.4. The van der Waals surface area contributed by atoms with Gasteiger partial charge in [-0.05, 0) is 38.9 Å². The molecule has 1 heterocycles. The molecule has 0 bridgehead atoms. The van der Waals surface area contributed by atoms with Gasteiger partial charge in [-0.15, -0.1) is 0 Å². The van der Waals surface area contributed by atoms with E-state index in [-0.39, 0.29) is 5.97 Å². The molecule has 0 saturated carbocycles. The highest BCUT2D eigenvalue weighted by molar-refractivity contribution is 5.69. The second-order valence-corrected chi connectivity index (χ2v) is 4.36. The summed E-state index contributed by atoms with van der Waals surface area (Å²) in [4.78, 5) is 18.1. The summed E-state index contributed by atoms with van der Waals surface area (Å²) in [6.45, 7) is 6.08. The number of nitrogens with one attached hydrogen (secondary N) is 2. The summed E-state index contributed by atoms with van der Waals surface area (Å²) in [5.41, 5.74) is 1.92. The van der Waals surface area contributed by atoms with Crippen LogP contribution in [0.5, 0.6) is 0 Å². The zero-order valence-electron chi connectivity index (χ0n) is 10.6. The lowest BCUT2D eigenvalue weighted by atomic mass is 10.0. The Kier molecular flexibility index (Phi) is 7.11. The summed E-state index contributed by atoms with van der Waals surface area (Å²) in [7, 11) is 0. The maximum absolute atomic E-state index is 11.2. The summed E-state index contributed by atoms with van der Waals surface area (Å²) in [5, 5.41) is 3.35. The van der Waals surface area contributed by atoms with E-state index in [1.165, 1.54) is 0 Å². The predicted molar refractivity (Wildman–Crippen MR) is 65.8 cm³/mol. The van der Waals surface area contributed by atoms with Crippen molar-refractivity contribution >= 4 is 5.97 Å². The van der Waals surface area contributed by atoms with Gasteiger partial charge in [-0.3, -0.25) is 9.69 Å². The van der Waals surface area contributed by atoms with Crippen LogP contribution in [0.4, 0.5) is 0 Å². The first-order chi connectivity index (χ1) is 8.27. The largest absolute Gasteiger partial charge is 0.356 e. The van der Waals surface area contributed by atoms with Gasteiger partial charge in [0.15, 0.2) is 0 Å². The minimum atomic E-state index is -0.303. The fourth-order valence-electron chi connectivity index (χ4n) is 2.29. The van der Waals surface area contributed by atoms with Crippen LogP contribution in [0.2, 0.25) is 0 Å². The van der Waals surface area contributed by atoms with E-state index in [4.69, 9.17) is 5.84 Å². The Morgan fingerprint density at radius 1 is 1.47 bits per heavy atom. The number of nitrogens with zero attached hydrogens (tertiary/aromatic N) is 1. The molecular formula is C11H24N4O2. The van der Waals surface area contributed by atoms with E-state index in [2.05, 4.69) is 22.0 Å². The molecule has 1 aliphatic heterocycles. The molecule has 0 aromatic rings. The van der Waals surface area contributed by atoms with Gasteiger partial charge in [0.25, 0.3) is 0 Å². The van der Waals surface area contributed by atoms with Crippen molar-refractivity contribution in [2.75, 3.05) is 26.2 Å². The van der Waals surface area contributed by atoms with Crippen molar-refractivity contribution in [1.82, 2.24) is 15.8 Å². The molecular weight excluding hydrogens is 220 g/mol. The van der Waals surface area contributed by atoms with Crippen LogP contribution in [-0.2, 0) is 9.63 Å². The van der Waals surface area contributed by atoms with E-state index in [1.54, 1.807) is 0 Å². The van der Waals surface area contributed by atoms with E-state index in [0.717, 1.165) is 45.4 Å². The van der Waals surface area contributed by atoms with Crippen LogP contribution in [-0.4, -0.2) is 43.1 Å². The number of hydrogen-bond acceptors (Lipinski definition) is 6. The average Bonchev–Trinajstić information content (AvgIpc) is 2.36. The molecule has 17 heavy (non-hydrogen) atoms. The number of hydrazine groups is 1. The number of carbonyl (C=O) groups excluding carboxylic acids is 1. The van der Waals surface area contributed by atoms with Crippen LogP contribution in [0.1, 0.15) is 32.6 Å². The topological polar surface area (TPSA) is 79.6 Å². The summed E-state index contributed by atoms with van der Waals surface area (Å²) >= 11 is 0. The average molecular weight is 244 g/mol. The molecule has 0 aromatic heterocycles. The number of carbonyl (C=O) groups is 1. The number of piperidine rings is 1. The van der Waals surface area contributed by atoms with Crippen molar-refractivity contribution in [3.8, 4) is 0 Å². The van der Waals surface area contributed by atoms with E-state index in [1.807, 2.05) is 5.59 Å². The van der Waals surface area contributed by atoms with Crippen molar-refractivity contribution in [2.45, 2.75) is 38.6 Å². The second kappa shape index (κ2) is 8.41. The Balaban J connectivity index is 2.33. The summed E-state index contributed by atoms with van der Waals surface area (Å²) in [6, 6.07) is 0.592. The minimum Gasteiger partial charge on any atom is -0.356 e. The van der Waals surface area contributed by atoms with Crippen molar-refractivity contribution in [2.24, 2.45) is 5.84 Å². The molecule has 6 heteroatoms. The predicted octanol–water partition coefficient (Wildman–Crippen LogP) is -0.238. The van der Waals surface area contributed by atoms with Crippen molar-refractivity contribution in [1.29, 1.82) is 0 Å². The summed E-state index contributed by atoms with van der Waals surface area (Å²) in [5.74, 6) is 4.62. The first-order valence-corrected chi connectivity index (χ1v) is 6.38. The molecule has 1 rings (SSSR count). The van der Waals surface area contributed by atoms with Gasteiger partial charge in [-0.1, -0.05) is 12.5 Å². The van der Waals surface area contributed by atoms with Gasteiger partial charge in [0.05, 0.1) is 6.42 Å². The van der Waals surface area contributed by atoms with Gasteiger partial charge >= 0.3 is 5.97 Å². The van der Waals surface area contributed by atoms with E-state index in [9.17, 15) is 4.79 Å². The lowest BCUT2D eigenvalue weighted by Gasteiger charge is -2.34. The molecule has 0 radical (unpaired) electrons. The molecule has 0 aliphatic carbocycles. The second-order valence-electron chi connectivity index (χ2n) is 4.36. The Labute approximate surface area is 103 Å². The fourth-order valence-corrected chi connectivity index (χ4v) is 2.29. The van der Waals surface area contributed by atoms with Crippen LogP contribution >= 0.6 is 0 Å². The van der Waals surface area contributed by atoms with E-state index in [0.29, 0.717) is 12.5 Å². The highest BCUT2D eigenvalue weighted by Crippen LogP contribution is 2.12. The first kappa shape index (κ1) is 14.4. The molecule has 1 fully saturated rings. The Hall–Kier alpha value is -0.690. The lowest BCUT2D eigenvalue weighted by Crippen LogP contribution is -2.44. The van der Waals surface area contributed by atoms with Crippen LogP contribution in [0.15, 0.2) is 0 Å². The van der Waals surface area contributed by atoms with Crippen molar-refractivity contribution in [3.63, 3.8) is 0 Å². The molecule has 4 N–H and O–H groups in total. The number of rotatable bonds is 7. The molecule has 0 spiro atoms. The van der Waals surface area contributed by atoms with Gasteiger partial charge in [-0.25, -0.2) is 5.84 Å². The SMILES string of the molecule is CCCN(CCC(=O)ONN)C1CCNCC1. The number of hydrogen-bond donors (Lipinski definition) is 3. The molecule has 1 saturated heterocycles. The number of nitrogens with two attached hydrogens (primary N) is 1. The maximum atomic E-state index is 11.2. The zero-order chi connectivity index (χ0) is 12.5. The summed E-state index contributed by atoms with van der Waals surface area (Å²) in [6.07, 6.45) is 3.80. The standard InChI is InChI=1S/C11H24N4O2/c1-2-8-15(9-5-11(16)17-14-12)10-3-6-13-7-4-10/h10,13-14H,2-9,12H2,1H3. The third kappa shape index (κ3) is 5.45. The Morgan fingerprint density at radius 2 is 2.18 bits per heavy atom. The van der Waals surface area contributed by atoms with Crippen LogP contribution < -0.4 is 16.7 Å². The minimum absolute atomic E-state index is 0.303. The van der Waals surface area contributed by atoms with Crippen LogP contribution in [0.3, 0.4) is 0 Å². The smallest absolute Gasteiger partial charge is 0.327 e. The highest BCUT2D eigenvalue weighted by Gasteiger charge is 2.20. The quantitative estimate of drug-likeness (QED) is 0.424. The highest BCUT2D eigenvalue weighted by atomic mass is 16.7. The molecule has 6 nitrogen and oxygen atoms in total. The molecule has 0 aromatic carbocycles. The fraction of sp³-hybridized carbons (Fsp3) is 0.909. The van der Waals surface area contributed by atoms with Crippen molar-refractivity contribution in [3.05, 3.63) is 0 Å². The Morgan fingerprint density at radius 3 is 2.76 bits per heavy atom. The molecule has 0 unspecified atom stereocenters. The molecule has 0 atom stereocenters. The van der Waals surface area contributed by atoms with Gasteiger partial charge in [-0.2, -0.15) is 0 Å². The van der Waals surface area contributed by atoms with Gasteiger partial charge in [0, 0.05) is 12.6 Å². The van der Waals surface area contributed by atoms with Crippen molar-refractivity contribution < 1.29 is 9.63 Å². The van der Waals surface area contributed by atoms with Gasteiger partial charge < -0.3 is 10.2 Å². The monoisotopic (exact) mass is 244 g/mol. The summed E-state index contributed by atoms with van der Waals surface area (Å²) < 4.78 is 0. The van der Waals surface area contributed by atoms with Gasteiger partial charge in [0.2, 0.25) is 0 Å². The first-order valence-electron chi connectivity index (χ1n) is 6.38. The zero-order valence-corrected chi connectivity index (χ0v) is 10.6. The van der Waals surface area contributed by atoms with Crippen LogP contribution in [0, 0.1) is 0 Å². The van der Waals surface area contributed by atoms with E-state index < -0.39 is 0 Å². The van der Waals surface area contributed by atoms with E-state index >= 15 is 0 Å². The lowest BCUT2D eigenvalue weighted by molar-refractivity contribution is -0.151. The third-order valence-electron chi connectivity index (χ3n) is 3.11. The molecule has 0 amide bonds. The Bertz CT molecular complexity index is 220. The third-order valence-corrected chi connectivity index (χ3v) is 3.11. The molecule has 100 valence electrons. The van der Waals surface area contributed by atoms with Crippen LogP contribution in [0.25, 0.3) is 0 Å².